The summed E-state index contributed by atoms with van der Waals surface area (Å²) >= 11 is 0. The van der Waals surface area contributed by atoms with E-state index >= 15 is 0 Å². The van der Waals surface area contributed by atoms with E-state index in [-0.39, 0.29) is 44.0 Å². The zero-order valence-corrected chi connectivity index (χ0v) is 31.6. The number of amides is 4. The van der Waals surface area contributed by atoms with Crippen LogP contribution >= 0.6 is 0 Å². The van der Waals surface area contributed by atoms with Crippen molar-refractivity contribution in [2.45, 2.75) is 166 Å². The first-order chi connectivity index (χ1) is 24.0. The first-order valence-electron chi connectivity index (χ1n) is 19.1. The highest BCUT2D eigenvalue weighted by molar-refractivity contribution is 7.84. The van der Waals surface area contributed by atoms with Crippen LogP contribution in [0.5, 0.6) is 0 Å². The van der Waals surface area contributed by atoms with Crippen LogP contribution in [-0.2, 0) is 34.8 Å². The van der Waals surface area contributed by atoms with Crippen LogP contribution in [0, 0.1) is 0 Å². The van der Waals surface area contributed by atoms with Crippen molar-refractivity contribution in [3.05, 3.63) is 0 Å². The number of nitrogens with zero attached hydrogens (tertiary/aromatic N) is 1. The highest BCUT2D eigenvalue weighted by Crippen LogP contribution is 2.19. The molecule has 0 aliphatic carbocycles. The molecule has 0 radical (unpaired) electrons. The van der Waals surface area contributed by atoms with Crippen molar-refractivity contribution in [3.8, 4) is 0 Å². The summed E-state index contributed by atoms with van der Waals surface area (Å²) in [6, 6.07) is -3.48. The molecule has 0 bridgehead atoms. The van der Waals surface area contributed by atoms with Crippen molar-refractivity contribution < 1.29 is 38.4 Å². The number of aliphatic hydroxyl groups excluding tert-OH is 1. The third kappa shape index (κ3) is 20.9. The third-order valence-corrected chi connectivity index (χ3v) is 10.0. The summed E-state index contributed by atoms with van der Waals surface area (Å²) in [5.74, 6) is -3.38. The normalized spacial score (nSPS) is 17.6. The van der Waals surface area contributed by atoms with Gasteiger partial charge in [0.15, 0.2) is 0 Å². The number of nitrogens with one attached hydrogen (secondary N) is 3. The third-order valence-electron chi connectivity index (χ3n) is 9.23. The summed E-state index contributed by atoms with van der Waals surface area (Å²) in [4.78, 5) is 64.7. The maximum absolute atomic E-state index is 13.3. The number of carboxylic acids is 1. The van der Waals surface area contributed by atoms with E-state index in [1.54, 1.807) is 0 Å². The maximum atomic E-state index is 13.3. The van der Waals surface area contributed by atoms with E-state index in [2.05, 4.69) is 22.9 Å². The van der Waals surface area contributed by atoms with Crippen LogP contribution in [0.1, 0.15) is 142 Å². The molecule has 0 aromatic rings. The van der Waals surface area contributed by atoms with Crippen LogP contribution in [0.3, 0.4) is 0 Å². The van der Waals surface area contributed by atoms with Gasteiger partial charge in [0, 0.05) is 42.2 Å². The Morgan fingerprint density at radius 1 is 0.800 bits per heavy atom. The number of rotatable bonds is 30. The molecule has 1 fully saturated rings. The highest BCUT2D eigenvalue weighted by atomic mass is 32.2. The molecule has 4 amide bonds. The molecule has 1 rings (SSSR count). The van der Waals surface area contributed by atoms with Crippen LogP contribution in [0.15, 0.2) is 0 Å². The van der Waals surface area contributed by atoms with E-state index < -0.39 is 58.7 Å². The summed E-state index contributed by atoms with van der Waals surface area (Å²) in [5.41, 5.74) is 5.48. The Balaban J connectivity index is 2.45. The lowest BCUT2D eigenvalue weighted by Gasteiger charge is -2.27. The van der Waals surface area contributed by atoms with Gasteiger partial charge in [0.1, 0.15) is 18.1 Å². The fourth-order valence-corrected chi connectivity index (χ4v) is 6.77. The SMILES string of the molecule is CCCCCCCCCCCCCCCCCC(=O)NCC(=O)N1C[C@H](O)C[C@H]1C(=O)N[C@@H](CCS(C)=O)C(=O)N[C@@H](CCCCN)C(=O)O. The van der Waals surface area contributed by atoms with Crippen molar-refractivity contribution in [2.24, 2.45) is 5.73 Å². The monoisotopic (exact) mass is 729 g/mol. The zero-order valence-electron chi connectivity index (χ0n) is 30.8. The van der Waals surface area contributed by atoms with Crippen LogP contribution in [-0.4, -0.2) is 105 Å². The number of β-amino-alcohol motifs (C(OH)–C–C–N with tert-alkyl or cyclic N) is 1. The molecular weight excluding hydrogens is 662 g/mol. The molecule has 14 heteroatoms. The van der Waals surface area contributed by atoms with Gasteiger partial charge in [-0.1, -0.05) is 96.8 Å². The molecule has 0 saturated carbocycles. The highest BCUT2D eigenvalue weighted by Gasteiger charge is 2.40. The van der Waals surface area contributed by atoms with E-state index in [4.69, 9.17) is 5.73 Å². The van der Waals surface area contributed by atoms with Gasteiger partial charge in [-0.3, -0.25) is 23.4 Å². The number of carbonyl (C=O) groups is 5. The van der Waals surface area contributed by atoms with Gasteiger partial charge in [-0.05, 0) is 38.6 Å². The smallest absolute Gasteiger partial charge is 0.326 e. The Labute approximate surface area is 302 Å². The van der Waals surface area contributed by atoms with Crippen LogP contribution in [0.2, 0.25) is 0 Å². The maximum Gasteiger partial charge on any atom is 0.326 e. The van der Waals surface area contributed by atoms with Gasteiger partial charge in [-0.15, -0.1) is 0 Å². The topological polar surface area (TPSA) is 208 Å². The molecular formula is C36H67N5O8S. The van der Waals surface area contributed by atoms with Gasteiger partial charge in [-0.25, -0.2) is 4.79 Å². The summed E-state index contributed by atoms with van der Waals surface area (Å²) in [7, 11) is -1.29. The number of hydrogen-bond acceptors (Lipinski definition) is 8. The number of carbonyl (C=O) groups excluding carboxylic acids is 4. The number of aliphatic hydroxyl groups is 1. The van der Waals surface area contributed by atoms with Crippen molar-refractivity contribution in [1.29, 1.82) is 0 Å². The first kappa shape index (κ1) is 45.4. The first-order valence-corrected chi connectivity index (χ1v) is 20.8. The fourth-order valence-electron chi connectivity index (χ4n) is 6.20. The number of aliphatic carboxylic acids is 1. The second kappa shape index (κ2) is 28.1. The van der Waals surface area contributed by atoms with E-state index in [0.717, 1.165) is 25.7 Å². The Morgan fingerprint density at radius 3 is 1.88 bits per heavy atom. The van der Waals surface area contributed by atoms with E-state index in [0.29, 0.717) is 25.8 Å². The van der Waals surface area contributed by atoms with E-state index in [1.807, 2.05) is 0 Å². The average Bonchev–Trinajstić information content (AvgIpc) is 3.48. The van der Waals surface area contributed by atoms with E-state index in [9.17, 15) is 38.4 Å². The number of unbranched alkanes of at least 4 members (excludes halogenated alkanes) is 15. The Bertz CT molecular complexity index is 1030. The average molecular weight is 730 g/mol. The molecule has 13 nitrogen and oxygen atoms in total. The number of hydrogen-bond donors (Lipinski definition) is 6. The molecule has 1 aliphatic rings. The summed E-state index contributed by atoms with van der Waals surface area (Å²) in [6.07, 6.45) is 20.4. The predicted molar refractivity (Wildman–Crippen MR) is 197 cm³/mol. The van der Waals surface area contributed by atoms with E-state index in [1.165, 1.54) is 81.8 Å². The Kier molecular flexibility index (Phi) is 25.5. The molecule has 0 aromatic heterocycles. The fraction of sp³-hybridized carbons (Fsp3) is 0.861. The van der Waals surface area contributed by atoms with Crippen LogP contribution in [0.4, 0.5) is 0 Å². The number of nitrogens with two attached hydrogens (primary N) is 1. The van der Waals surface area contributed by atoms with Crippen molar-refractivity contribution >= 4 is 40.4 Å². The van der Waals surface area contributed by atoms with Gasteiger partial charge in [-0.2, -0.15) is 0 Å². The van der Waals surface area contributed by atoms with Gasteiger partial charge in [0.25, 0.3) is 0 Å². The summed E-state index contributed by atoms with van der Waals surface area (Å²) in [6.45, 7) is 2.20. The van der Waals surface area contributed by atoms with Crippen molar-refractivity contribution in [1.82, 2.24) is 20.9 Å². The largest absolute Gasteiger partial charge is 0.480 e. The quantitative estimate of drug-likeness (QED) is 0.0599. The minimum atomic E-state index is -1.29. The van der Waals surface area contributed by atoms with Gasteiger partial charge < -0.3 is 36.8 Å². The Morgan fingerprint density at radius 2 is 1.36 bits per heavy atom. The van der Waals surface area contributed by atoms with Crippen LogP contribution < -0.4 is 21.7 Å². The number of carboxylic acid groups (broad SMARTS) is 1. The minimum absolute atomic E-state index is 0.0194. The molecule has 50 heavy (non-hydrogen) atoms. The molecule has 1 saturated heterocycles. The molecule has 0 spiro atoms. The van der Waals surface area contributed by atoms with Gasteiger partial charge in [0.2, 0.25) is 23.6 Å². The summed E-state index contributed by atoms with van der Waals surface area (Å²) in [5, 5.41) is 27.5. The molecule has 7 N–H and O–H groups in total. The second-order valence-electron chi connectivity index (χ2n) is 13.7. The predicted octanol–water partition coefficient (Wildman–Crippen LogP) is 3.28. The van der Waals surface area contributed by atoms with Crippen molar-refractivity contribution in [2.75, 3.05) is 31.6 Å². The summed E-state index contributed by atoms with van der Waals surface area (Å²) < 4.78 is 11.8. The zero-order chi connectivity index (χ0) is 37.1. The minimum Gasteiger partial charge on any atom is -0.480 e. The molecule has 290 valence electrons. The molecule has 5 atom stereocenters. The second-order valence-corrected chi connectivity index (χ2v) is 15.3. The Hall–Kier alpha value is -2.58. The number of likely N-dealkylation sites (tertiary alicyclic amines) is 1. The van der Waals surface area contributed by atoms with Gasteiger partial charge >= 0.3 is 5.97 Å². The molecule has 1 heterocycles. The lowest BCUT2D eigenvalue weighted by Crippen LogP contribution is -2.56. The standard InChI is InChI=1S/C36H67N5O8S/c1-3-4-5-6-7-8-9-10-11-12-13-14-15-16-17-21-32(43)38-26-33(44)41-27-28(42)25-31(41)35(46)39-29(22-24-50(2)49)34(45)40-30(36(47)48)20-18-19-23-37/h28-31,42H,3-27,37H2,1-2H3,(H,38,43)(H,39,46)(H,40,45)(H,47,48)/t28-,29+,30+,31+,50?/m1/s1. The molecule has 1 aliphatic heterocycles. The molecule has 1 unspecified atom stereocenters. The van der Waals surface area contributed by atoms with Crippen molar-refractivity contribution in [3.63, 3.8) is 0 Å². The van der Waals surface area contributed by atoms with Gasteiger partial charge in [0.05, 0.1) is 12.6 Å². The van der Waals surface area contributed by atoms with Crippen LogP contribution in [0.25, 0.3) is 0 Å². The lowest BCUT2D eigenvalue weighted by molar-refractivity contribution is -0.143. The lowest BCUT2D eigenvalue weighted by atomic mass is 10.0. The molecule has 0 aromatic carbocycles.